The van der Waals surface area contributed by atoms with Gasteiger partial charge in [0.05, 0.1) is 4.90 Å². The molecule has 5 rings (SSSR count). The number of anilines is 2. The molecule has 1 aliphatic rings. The number of piperazine rings is 1. The van der Waals surface area contributed by atoms with Crippen molar-refractivity contribution in [2.24, 2.45) is 0 Å². The van der Waals surface area contributed by atoms with Crippen molar-refractivity contribution in [3.63, 3.8) is 0 Å². The highest BCUT2D eigenvalue weighted by Crippen LogP contribution is 2.25. The Balaban J connectivity index is 1.26. The third kappa shape index (κ3) is 4.52. The van der Waals surface area contributed by atoms with Crippen LogP contribution in [0.5, 0.6) is 0 Å². The molecule has 2 aromatic carbocycles. The second-order valence-corrected chi connectivity index (χ2v) is 10.8. The van der Waals surface area contributed by atoms with Crippen molar-refractivity contribution in [3.8, 4) is 0 Å². The molecule has 2 amide bonds. The van der Waals surface area contributed by atoms with E-state index in [0.29, 0.717) is 18.8 Å². The molecule has 1 N–H and O–H groups in total. The highest BCUT2D eigenvalue weighted by atomic mass is 32.2. The number of nitrogens with one attached hydrogen (secondary N) is 1. The van der Waals surface area contributed by atoms with Crippen molar-refractivity contribution in [2.75, 3.05) is 29.3 Å². The number of nitrogens with zero attached hydrogens (tertiary/aromatic N) is 4. The van der Waals surface area contributed by atoms with Crippen LogP contribution in [0.15, 0.2) is 77.3 Å². The van der Waals surface area contributed by atoms with E-state index in [1.165, 1.54) is 29.7 Å². The zero-order valence-corrected chi connectivity index (χ0v) is 20.5. The molecule has 1 saturated heterocycles. The summed E-state index contributed by atoms with van der Waals surface area (Å²) >= 11 is 1.19. The van der Waals surface area contributed by atoms with Crippen molar-refractivity contribution < 1.29 is 18.0 Å². The molecule has 35 heavy (non-hydrogen) atoms. The number of para-hydroxylation sites is 1. The minimum absolute atomic E-state index is 0.0337. The molecular formula is C24H23N5O4S2. The summed E-state index contributed by atoms with van der Waals surface area (Å²) in [5.74, 6) is -0.334. The topological polar surface area (TPSA) is 105 Å². The number of hydrogen-bond acceptors (Lipinski definition) is 6. The molecule has 180 valence electrons. The fourth-order valence-corrected chi connectivity index (χ4v) is 6.00. The quantitative estimate of drug-likeness (QED) is 0.429. The van der Waals surface area contributed by atoms with Crippen molar-refractivity contribution in [3.05, 3.63) is 72.4 Å². The van der Waals surface area contributed by atoms with Crippen LogP contribution in [0.25, 0.3) is 10.9 Å². The van der Waals surface area contributed by atoms with E-state index in [9.17, 15) is 18.0 Å². The van der Waals surface area contributed by atoms with E-state index in [0.717, 1.165) is 10.9 Å². The van der Waals surface area contributed by atoms with Crippen LogP contribution >= 0.6 is 11.3 Å². The van der Waals surface area contributed by atoms with Crippen LogP contribution in [0.3, 0.4) is 0 Å². The van der Waals surface area contributed by atoms with Crippen molar-refractivity contribution in [1.29, 1.82) is 0 Å². The molecular weight excluding hydrogens is 486 g/mol. The second kappa shape index (κ2) is 9.16. The maximum atomic E-state index is 13.2. The molecule has 0 aliphatic carbocycles. The molecule has 4 aromatic rings. The molecule has 9 nitrogen and oxygen atoms in total. The summed E-state index contributed by atoms with van der Waals surface area (Å²) in [6, 6.07) is 15.5. The molecule has 1 aliphatic heterocycles. The summed E-state index contributed by atoms with van der Waals surface area (Å²) in [4.78, 5) is 33.2. The van der Waals surface area contributed by atoms with Crippen LogP contribution in [0.1, 0.15) is 13.0 Å². The highest BCUT2D eigenvalue weighted by molar-refractivity contribution is 7.93. The van der Waals surface area contributed by atoms with Crippen LogP contribution in [0.4, 0.5) is 10.8 Å². The zero-order chi connectivity index (χ0) is 24.6. The van der Waals surface area contributed by atoms with Gasteiger partial charge in [-0.1, -0.05) is 18.2 Å². The van der Waals surface area contributed by atoms with Gasteiger partial charge in [-0.3, -0.25) is 14.3 Å². The lowest BCUT2D eigenvalue weighted by molar-refractivity contribution is -0.139. The monoisotopic (exact) mass is 509 g/mol. The Morgan fingerprint density at radius 2 is 1.86 bits per heavy atom. The van der Waals surface area contributed by atoms with Crippen LogP contribution < -0.4 is 9.62 Å². The molecule has 1 fully saturated rings. The predicted octanol–water partition coefficient (Wildman–Crippen LogP) is 3.34. The van der Waals surface area contributed by atoms with Gasteiger partial charge in [0.25, 0.3) is 10.0 Å². The van der Waals surface area contributed by atoms with Gasteiger partial charge in [-0.15, -0.1) is 11.3 Å². The molecule has 1 atom stereocenters. The smallest absolute Gasteiger partial charge is 0.263 e. The summed E-state index contributed by atoms with van der Waals surface area (Å²) in [6.45, 7) is 2.52. The molecule has 2 aromatic heterocycles. The number of rotatable bonds is 6. The lowest BCUT2D eigenvalue weighted by Gasteiger charge is -2.35. The largest absolute Gasteiger partial charge is 0.335 e. The third-order valence-electron chi connectivity index (χ3n) is 6.05. The number of benzene rings is 2. The normalized spacial score (nSPS) is 15.4. The third-order valence-corrected chi connectivity index (χ3v) is 8.22. The highest BCUT2D eigenvalue weighted by Gasteiger charge is 2.31. The number of sulfonamides is 1. The summed E-state index contributed by atoms with van der Waals surface area (Å²) in [5, 5.41) is 3.02. The average molecular weight is 510 g/mol. The Hall–Kier alpha value is -3.70. The second-order valence-electron chi connectivity index (χ2n) is 8.20. The van der Waals surface area contributed by atoms with Gasteiger partial charge < -0.3 is 14.4 Å². The molecule has 0 unspecified atom stereocenters. The Bertz CT molecular complexity index is 1480. The van der Waals surface area contributed by atoms with Crippen LogP contribution in [-0.4, -0.2) is 54.3 Å². The Morgan fingerprint density at radius 1 is 1.09 bits per heavy atom. The predicted molar refractivity (Wildman–Crippen MR) is 135 cm³/mol. The van der Waals surface area contributed by atoms with Crippen LogP contribution in [-0.2, 0) is 19.6 Å². The Kier molecular flexibility index (Phi) is 6.03. The molecule has 0 spiro atoms. The van der Waals surface area contributed by atoms with Crippen molar-refractivity contribution in [2.45, 2.75) is 17.9 Å². The van der Waals surface area contributed by atoms with Gasteiger partial charge in [0, 0.05) is 42.1 Å². The van der Waals surface area contributed by atoms with Crippen LogP contribution in [0.2, 0.25) is 0 Å². The summed E-state index contributed by atoms with van der Waals surface area (Å²) in [6.07, 6.45) is 3.41. The first-order valence-corrected chi connectivity index (χ1v) is 13.4. The van der Waals surface area contributed by atoms with E-state index in [4.69, 9.17) is 0 Å². The molecule has 0 bridgehead atoms. The average Bonchev–Trinajstić information content (AvgIpc) is 3.53. The van der Waals surface area contributed by atoms with E-state index in [1.807, 2.05) is 48.0 Å². The SMILES string of the molecule is C[C@H](C(=O)N1CCN(c2ccc(S(=O)(=O)Nc3nccs3)cc2)C(=O)C1)n1ccc2ccccc21. The molecule has 0 radical (unpaired) electrons. The van der Waals surface area contributed by atoms with Crippen molar-refractivity contribution in [1.82, 2.24) is 14.5 Å². The summed E-state index contributed by atoms with van der Waals surface area (Å²) in [5.41, 5.74) is 1.55. The maximum Gasteiger partial charge on any atom is 0.263 e. The lowest BCUT2D eigenvalue weighted by atomic mass is 10.2. The van der Waals surface area contributed by atoms with Gasteiger partial charge >= 0.3 is 0 Å². The number of fused-ring (bicyclic) bond motifs is 1. The lowest BCUT2D eigenvalue weighted by Crippen LogP contribution is -2.53. The van der Waals surface area contributed by atoms with E-state index in [-0.39, 0.29) is 28.4 Å². The first-order valence-electron chi connectivity index (χ1n) is 11.0. The van der Waals surface area contributed by atoms with Gasteiger partial charge in [0.2, 0.25) is 11.8 Å². The van der Waals surface area contributed by atoms with E-state index >= 15 is 0 Å². The minimum Gasteiger partial charge on any atom is -0.335 e. The van der Waals surface area contributed by atoms with Crippen LogP contribution in [0, 0.1) is 0 Å². The first-order chi connectivity index (χ1) is 16.8. The van der Waals surface area contributed by atoms with Gasteiger partial charge in [-0.25, -0.2) is 13.4 Å². The number of hydrogen-bond donors (Lipinski definition) is 1. The Morgan fingerprint density at radius 3 is 2.57 bits per heavy atom. The number of carbonyl (C=O) groups is 2. The fraction of sp³-hybridized carbons (Fsp3) is 0.208. The standard InChI is InChI=1S/C24H23N5O4S2/c1-17(28-12-10-18-4-2-3-5-21(18)28)23(31)27-13-14-29(22(30)16-27)19-6-8-20(9-7-19)35(32,33)26-24-25-11-15-34-24/h2-12,15,17H,13-14,16H2,1H3,(H,25,26)/t17-/m1/s1. The van der Waals surface area contributed by atoms with Gasteiger partial charge in [-0.2, -0.15) is 0 Å². The molecule has 0 saturated carbocycles. The number of carbonyl (C=O) groups excluding carboxylic acids is 2. The van der Waals surface area contributed by atoms with E-state index in [1.54, 1.807) is 27.3 Å². The van der Waals surface area contributed by atoms with Gasteiger partial charge in [0.15, 0.2) is 5.13 Å². The summed E-state index contributed by atoms with van der Waals surface area (Å²) in [7, 11) is -3.77. The minimum atomic E-state index is -3.77. The fourth-order valence-electron chi connectivity index (χ4n) is 4.21. The maximum absolute atomic E-state index is 13.2. The first kappa shape index (κ1) is 23.1. The van der Waals surface area contributed by atoms with Gasteiger partial charge in [-0.05, 0) is 48.7 Å². The van der Waals surface area contributed by atoms with E-state index in [2.05, 4.69) is 9.71 Å². The van der Waals surface area contributed by atoms with E-state index < -0.39 is 16.1 Å². The van der Waals surface area contributed by atoms with Gasteiger partial charge in [0.1, 0.15) is 12.6 Å². The van der Waals surface area contributed by atoms with Crippen molar-refractivity contribution >= 4 is 54.9 Å². The summed E-state index contributed by atoms with van der Waals surface area (Å²) < 4.78 is 29.4. The number of aromatic nitrogens is 2. The Labute approximate surface area is 206 Å². The number of thiazole rings is 1. The molecule has 3 heterocycles. The zero-order valence-electron chi connectivity index (χ0n) is 18.9. The molecule has 11 heteroatoms. The number of amides is 2.